The highest BCUT2D eigenvalue weighted by atomic mass is 32.1. The van der Waals surface area contributed by atoms with E-state index < -0.39 is 6.61 Å². The number of rotatable bonds is 6. The second-order valence-electron chi connectivity index (χ2n) is 10.1. The average Bonchev–Trinajstić information content (AvgIpc) is 3.74. The SMILES string of the molecule is CN(c1nc(-c2ccc(F)cc2)c(C#N)s1)c1cn(C2CC2)c(=O)c2ccc(N3CCN(C(=O)CO)CC3)cc12. The summed E-state index contributed by atoms with van der Waals surface area (Å²) in [4.78, 5) is 36.3. The molecule has 0 unspecified atom stereocenters. The summed E-state index contributed by atoms with van der Waals surface area (Å²) in [6, 6.07) is 14.1. The summed E-state index contributed by atoms with van der Waals surface area (Å²) >= 11 is 1.25. The van der Waals surface area contributed by atoms with Crippen LogP contribution in [0.3, 0.4) is 0 Å². The molecule has 0 atom stereocenters. The van der Waals surface area contributed by atoms with E-state index in [1.165, 1.54) is 23.5 Å². The second kappa shape index (κ2) is 10.4. The van der Waals surface area contributed by atoms with Crippen molar-refractivity contribution in [3.63, 3.8) is 0 Å². The minimum absolute atomic E-state index is 0.0385. The molecular weight excluding hydrogens is 531 g/mol. The molecule has 40 heavy (non-hydrogen) atoms. The van der Waals surface area contributed by atoms with Crippen molar-refractivity contribution < 1.29 is 14.3 Å². The molecule has 4 aromatic rings. The Kier molecular flexibility index (Phi) is 6.73. The average molecular weight is 559 g/mol. The fraction of sp³-hybridized carbons (Fsp3) is 0.310. The van der Waals surface area contributed by atoms with Crippen molar-refractivity contribution in [2.24, 2.45) is 0 Å². The van der Waals surface area contributed by atoms with Crippen LogP contribution in [-0.4, -0.2) is 65.3 Å². The number of anilines is 3. The van der Waals surface area contributed by atoms with Gasteiger partial charge in [0, 0.05) is 67.5 Å². The normalized spacial score (nSPS) is 15.3. The largest absolute Gasteiger partial charge is 0.387 e. The first-order valence-electron chi connectivity index (χ1n) is 13.1. The van der Waals surface area contributed by atoms with Gasteiger partial charge in [0.25, 0.3) is 5.56 Å². The van der Waals surface area contributed by atoms with Gasteiger partial charge < -0.3 is 24.4 Å². The van der Waals surface area contributed by atoms with Crippen molar-refractivity contribution in [2.75, 3.05) is 49.6 Å². The van der Waals surface area contributed by atoms with Crippen LogP contribution in [0.4, 0.5) is 20.9 Å². The number of carbonyl (C=O) groups excluding carboxylic acids is 1. The summed E-state index contributed by atoms with van der Waals surface area (Å²) in [7, 11) is 1.87. The summed E-state index contributed by atoms with van der Waals surface area (Å²) in [6.45, 7) is 1.75. The van der Waals surface area contributed by atoms with Gasteiger partial charge in [-0.25, -0.2) is 9.37 Å². The number of nitrogens with zero attached hydrogens (tertiary/aromatic N) is 6. The molecule has 1 saturated carbocycles. The van der Waals surface area contributed by atoms with Gasteiger partial charge in [-0.1, -0.05) is 11.3 Å². The van der Waals surface area contributed by atoms with Gasteiger partial charge in [-0.05, 0) is 55.3 Å². The number of benzene rings is 2. The molecule has 204 valence electrons. The molecule has 0 bridgehead atoms. The van der Waals surface area contributed by atoms with E-state index in [0.29, 0.717) is 52.8 Å². The van der Waals surface area contributed by atoms with Crippen molar-refractivity contribution in [2.45, 2.75) is 18.9 Å². The first-order valence-corrected chi connectivity index (χ1v) is 13.9. The van der Waals surface area contributed by atoms with Crippen molar-refractivity contribution in [1.29, 1.82) is 5.26 Å². The number of hydrogen-bond acceptors (Lipinski definition) is 8. The molecule has 6 rings (SSSR count). The van der Waals surface area contributed by atoms with Gasteiger partial charge >= 0.3 is 0 Å². The number of fused-ring (bicyclic) bond motifs is 1. The van der Waals surface area contributed by atoms with Gasteiger partial charge in [0.1, 0.15) is 29.1 Å². The molecule has 0 spiro atoms. The monoisotopic (exact) mass is 558 g/mol. The highest BCUT2D eigenvalue weighted by Gasteiger charge is 2.28. The fourth-order valence-electron chi connectivity index (χ4n) is 5.17. The van der Waals surface area contributed by atoms with Crippen molar-refractivity contribution >= 4 is 44.5 Å². The van der Waals surface area contributed by atoms with Gasteiger partial charge in [0.2, 0.25) is 5.91 Å². The summed E-state index contributed by atoms with van der Waals surface area (Å²) in [5.41, 5.74) is 2.84. The molecule has 2 aromatic heterocycles. The number of aromatic nitrogens is 2. The van der Waals surface area contributed by atoms with Crippen LogP contribution in [0.25, 0.3) is 22.0 Å². The highest BCUT2D eigenvalue weighted by molar-refractivity contribution is 7.16. The van der Waals surface area contributed by atoms with E-state index in [1.54, 1.807) is 21.6 Å². The maximum atomic E-state index is 13.5. The molecule has 2 aromatic carbocycles. The van der Waals surface area contributed by atoms with Crippen LogP contribution in [0.2, 0.25) is 0 Å². The molecule has 1 amide bonds. The molecule has 9 nitrogen and oxygen atoms in total. The first kappa shape index (κ1) is 26.0. The molecule has 3 heterocycles. The zero-order valence-electron chi connectivity index (χ0n) is 21.9. The van der Waals surface area contributed by atoms with Crippen LogP contribution in [-0.2, 0) is 4.79 Å². The maximum absolute atomic E-state index is 13.5. The van der Waals surface area contributed by atoms with Gasteiger partial charge in [0.05, 0.1) is 5.69 Å². The van der Waals surface area contributed by atoms with Crippen molar-refractivity contribution in [3.8, 4) is 17.3 Å². The zero-order valence-corrected chi connectivity index (χ0v) is 22.7. The minimum Gasteiger partial charge on any atom is -0.387 e. The number of pyridine rings is 1. The lowest BCUT2D eigenvalue weighted by molar-refractivity contribution is -0.134. The van der Waals surface area contributed by atoms with Gasteiger partial charge in [-0.3, -0.25) is 9.59 Å². The summed E-state index contributed by atoms with van der Waals surface area (Å²) in [5.74, 6) is -0.635. The molecule has 2 aliphatic rings. The Balaban J connectivity index is 1.41. The Morgan fingerprint density at radius 3 is 2.52 bits per heavy atom. The number of aliphatic hydroxyl groups excluding tert-OH is 1. The number of halogens is 1. The van der Waals surface area contributed by atoms with E-state index in [1.807, 2.05) is 36.3 Å². The third-order valence-corrected chi connectivity index (χ3v) is 8.60. The Morgan fingerprint density at radius 2 is 1.88 bits per heavy atom. The van der Waals surface area contributed by atoms with Gasteiger partial charge in [-0.2, -0.15) is 5.26 Å². The lowest BCUT2D eigenvalue weighted by atomic mass is 10.1. The van der Waals surface area contributed by atoms with Crippen LogP contribution in [0, 0.1) is 17.1 Å². The number of carbonyl (C=O) groups is 1. The molecule has 1 aliphatic carbocycles. The van der Waals surface area contributed by atoms with E-state index >= 15 is 0 Å². The zero-order chi connectivity index (χ0) is 28.0. The number of amides is 1. The van der Waals surface area contributed by atoms with Crippen molar-refractivity contribution in [1.82, 2.24) is 14.5 Å². The Hall–Kier alpha value is -4.27. The van der Waals surface area contributed by atoms with Crippen LogP contribution in [0.5, 0.6) is 0 Å². The molecule has 1 aliphatic heterocycles. The highest BCUT2D eigenvalue weighted by Crippen LogP contribution is 2.40. The standard InChI is InChI=1S/C29H27FN6O3S/c1-33(29-32-27(25(15-31)40-29)18-2-4-19(30)5-3-18)24-16-36(20-6-7-20)28(39)22-9-8-21(14-23(22)24)34-10-12-35(13-11-34)26(38)17-37/h2-5,8-9,14,16,20,37H,6-7,10-13,17H2,1H3. The lowest BCUT2D eigenvalue weighted by Crippen LogP contribution is -2.49. The molecule has 1 saturated heterocycles. The maximum Gasteiger partial charge on any atom is 0.258 e. The van der Waals surface area contributed by atoms with Crippen LogP contribution in [0.15, 0.2) is 53.5 Å². The molecule has 0 radical (unpaired) electrons. The van der Waals surface area contributed by atoms with Gasteiger partial charge in [0.15, 0.2) is 5.13 Å². The van der Waals surface area contributed by atoms with E-state index in [2.05, 4.69) is 11.0 Å². The smallest absolute Gasteiger partial charge is 0.258 e. The van der Waals surface area contributed by atoms with E-state index in [-0.39, 0.29) is 23.3 Å². The van der Waals surface area contributed by atoms with Crippen LogP contribution >= 0.6 is 11.3 Å². The Bertz CT molecular complexity index is 1700. The number of piperazine rings is 1. The predicted octanol–water partition coefficient (Wildman–Crippen LogP) is 3.88. The third-order valence-electron chi connectivity index (χ3n) is 7.56. The molecule has 11 heteroatoms. The van der Waals surface area contributed by atoms with E-state index in [4.69, 9.17) is 4.98 Å². The predicted molar refractivity (Wildman–Crippen MR) is 153 cm³/mol. The summed E-state index contributed by atoms with van der Waals surface area (Å²) in [6.07, 6.45) is 3.79. The second-order valence-corrected chi connectivity index (χ2v) is 11.0. The van der Waals surface area contributed by atoms with Crippen molar-refractivity contribution in [3.05, 3.63) is 69.7 Å². The third kappa shape index (κ3) is 4.69. The molecule has 1 N–H and O–H groups in total. The lowest BCUT2D eigenvalue weighted by Gasteiger charge is -2.36. The molecular formula is C29H27FN6O3S. The number of thiazole rings is 1. The van der Waals surface area contributed by atoms with E-state index in [9.17, 15) is 24.3 Å². The summed E-state index contributed by atoms with van der Waals surface area (Å²) in [5, 5.41) is 21.0. The van der Waals surface area contributed by atoms with Crippen LogP contribution in [0.1, 0.15) is 23.8 Å². The van der Waals surface area contributed by atoms with E-state index in [0.717, 1.165) is 29.6 Å². The first-order chi connectivity index (χ1) is 19.4. The minimum atomic E-state index is -0.494. The quantitative estimate of drug-likeness (QED) is 0.383. The number of aliphatic hydroxyl groups is 1. The molecule has 2 fully saturated rings. The topological polar surface area (TPSA) is 106 Å². The number of nitriles is 1. The van der Waals surface area contributed by atoms with Gasteiger partial charge in [-0.15, -0.1) is 0 Å². The Labute approximate surface area is 233 Å². The number of hydrogen-bond donors (Lipinski definition) is 1. The Morgan fingerprint density at radius 1 is 1.15 bits per heavy atom. The van der Waals surface area contributed by atoms with Crippen LogP contribution < -0.4 is 15.4 Å². The summed E-state index contributed by atoms with van der Waals surface area (Å²) < 4.78 is 15.3. The fourth-order valence-corrected chi connectivity index (χ4v) is 6.03.